The average molecular weight is 323 g/mol. The lowest BCUT2D eigenvalue weighted by Crippen LogP contribution is -2.35. The quantitative estimate of drug-likeness (QED) is 0.848. The fraction of sp³-hybridized carbons (Fsp3) is 0.375. The molecular formula is C16H16F3N3O. The molecule has 0 saturated heterocycles. The average Bonchev–Trinajstić information content (AvgIpc) is 3.23. The van der Waals surface area contributed by atoms with E-state index in [0.29, 0.717) is 6.54 Å². The lowest BCUT2D eigenvalue weighted by atomic mass is 10.2. The number of alkyl halides is 3. The molecule has 23 heavy (non-hydrogen) atoms. The Bertz CT molecular complexity index is 677. The van der Waals surface area contributed by atoms with Crippen molar-refractivity contribution in [2.24, 2.45) is 0 Å². The summed E-state index contributed by atoms with van der Waals surface area (Å²) in [5.74, 6) is -0.215. The van der Waals surface area contributed by atoms with E-state index in [2.05, 4.69) is 5.10 Å². The summed E-state index contributed by atoms with van der Waals surface area (Å²) in [6.45, 7) is 0.289. The molecule has 2 aromatic rings. The van der Waals surface area contributed by atoms with Crippen molar-refractivity contribution in [3.8, 4) is 0 Å². The second-order valence-electron chi connectivity index (χ2n) is 5.63. The number of carbonyl (C=O) groups is 1. The van der Waals surface area contributed by atoms with Gasteiger partial charge in [-0.3, -0.25) is 9.48 Å². The summed E-state index contributed by atoms with van der Waals surface area (Å²) in [5.41, 5.74) is 0.0236. The molecule has 1 aliphatic carbocycles. The van der Waals surface area contributed by atoms with Crippen molar-refractivity contribution in [3.05, 3.63) is 53.9 Å². The maximum atomic E-state index is 12.6. The first-order valence-corrected chi connectivity index (χ1v) is 7.37. The van der Waals surface area contributed by atoms with Crippen LogP contribution in [0.4, 0.5) is 13.2 Å². The third kappa shape index (κ3) is 3.91. The third-order valence-electron chi connectivity index (χ3n) is 3.73. The molecule has 3 rings (SSSR count). The largest absolute Gasteiger partial charge is 0.435 e. The van der Waals surface area contributed by atoms with Gasteiger partial charge < -0.3 is 4.90 Å². The Kier molecular flexibility index (Phi) is 4.11. The van der Waals surface area contributed by atoms with Crippen LogP contribution in [0.2, 0.25) is 0 Å². The van der Waals surface area contributed by atoms with Crippen molar-refractivity contribution in [2.75, 3.05) is 0 Å². The number of amides is 1. The van der Waals surface area contributed by atoms with Crippen molar-refractivity contribution in [1.82, 2.24) is 14.7 Å². The van der Waals surface area contributed by atoms with E-state index in [9.17, 15) is 18.0 Å². The number of carbonyl (C=O) groups excluding carboxylic acids is 1. The molecule has 0 bridgehead atoms. The zero-order chi connectivity index (χ0) is 16.4. The van der Waals surface area contributed by atoms with Crippen LogP contribution in [0, 0.1) is 0 Å². The zero-order valence-corrected chi connectivity index (χ0v) is 12.3. The van der Waals surface area contributed by atoms with E-state index in [1.165, 1.54) is 6.20 Å². The lowest BCUT2D eigenvalue weighted by molar-refractivity contribution is -0.142. The van der Waals surface area contributed by atoms with Gasteiger partial charge >= 0.3 is 6.18 Å². The van der Waals surface area contributed by atoms with Crippen molar-refractivity contribution in [2.45, 2.75) is 38.1 Å². The number of halogens is 3. The third-order valence-corrected chi connectivity index (χ3v) is 3.73. The molecule has 1 saturated carbocycles. The lowest BCUT2D eigenvalue weighted by Gasteiger charge is -2.22. The van der Waals surface area contributed by atoms with Crippen molar-refractivity contribution in [3.63, 3.8) is 0 Å². The van der Waals surface area contributed by atoms with Gasteiger partial charge in [0.2, 0.25) is 5.91 Å². The van der Waals surface area contributed by atoms with Gasteiger partial charge in [-0.05, 0) is 24.5 Å². The normalized spacial score (nSPS) is 14.7. The molecule has 122 valence electrons. The molecule has 1 aliphatic rings. The molecule has 1 heterocycles. The first kappa shape index (κ1) is 15.6. The van der Waals surface area contributed by atoms with Crippen molar-refractivity contribution >= 4 is 5.91 Å². The van der Waals surface area contributed by atoms with Crippen LogP contribution in [0.1, 0.15) is 24.1 Å². The number of hydrogen-bond donors (Lipinski definition) is 0. The van der Waals surface area contributed by atoms with Gasteiger partial charge in [-0.15, -0.1) is 0 Å². The Morgan fingerprint density at radius 2 is 1.91 bits per heavy atom. The number of rotatable bonds is 5. The van der Waals surface area contributed by atoms with Crippen LogP contribution in [-0.4, -0.2) is 26.6 Å². The highest BCUT2D eigenvalue weighted by Gasteiger charge is 2.35. The van der Waals surface area contributed by atoms with Crippen LogP contribution in [0.15, 0.2) is 42.6 Å². The summed E-state index contributed by atoms with van der Waals surface area (Å²) in [4.78, 5) is 14.2. The molecule has 1 aromatic carbocycles. The van der Waals surface area contributed by atoms with Gasteiger partial charge in [0.05, 0.1) is 0 Å². The van der Waals surface area contributed by atoms with Crippen LogP contribution in [0.3, 0.4) is 0 Å². The fourth-order valence-electron chi connectivity index (χ4n) is 2.42. The van der Waals surface area contributed by atoms with Gasteiger partial charge in [0.1, 0.15) is 6.54 Å². The highest BCUT2D eigenvalue weighted by Crippen LogP contribution is 2.29. The van der Waals surface area contributed by atoms with Gasteiger partial charge in [0, 0.05) is 18.8 Å². The highest BCUT2D eigenvalue weighted by molar-refractivity contribution is 5.76. The molecule has 1 fully saturated rings. The Morgan fingerprint density at radius 3 is 2.48 bits per heavy atom. The summed E-state index contributed by atoms with van der Waals surface area (Å²) < 4.78 is 38.7. The van der Waals surface area contributed by atoms with E-state index in [4.69, 9.17) is 0 Å². The van der Waals surface area contributed by atoms with Gasteiger partial charge in [-0.25, -0.2) is 0 Å². The van der Waals surface area contributed by atoms with Crippen LogP contribution < -0.4 is 0 Å². The SMILES string of the molecule is O=C(Cn1ccc(C(F)(F)F)n1)N(Cc1ccccc1)C1CC1. The molecule has 0 aliphatic heterocycles. The summed E-state index contributed by atoms with van der Waals surface area (Å²) in [6.07, 6.45) is -1.43. The highest BCUT2D eigenvalue weighted by atomic mass is 19.4. The number of nitrogens with zero attached hydrogens (tertiary/aromatic N) is 3. The molecule has 0 unspecified atom stereocenters. The smallest absolute Gasteiger partial charge is 0.334 e. The van der Waals surface area contributed by atoms with E-state index < -0.39 is 11.9 Å². The van der Waals surface area contributed by atoms with Crippen LogP contribution in [-0.2, 0) is 24.1 Å². The molecular weight excluding hydrogens is 307 g/mol. The minimum atomic E-state index is -4.49. The van der Waals surface area contributed by atoms with E-state index in [1.807, 2.05) is 30.3 Å². The fourth-order valence-corrected chi connectivity index (χ4v) is 2.42. The number of aromatic nitrogens is 2. The molecule has 7 heteroatoms. The van der Waals surface area contributed by atoms with E-state index >= 15 is 0 Å². The predicted octanol–water partition coefficient (Wildman–Crippen LogP) is 3.09. The Morgan fingerprint density at radius 1 is 1.22 bits per heavy atom. The summed E-state index contributed by atoms with van der Waals surface area (Å²) in [5, 5.41) is 3.43. The van der Waals surface area contributed by atoms with E-state index in [1.54, 1.807) is 4.90 Å². The van der Waals surface area contributed by atoms with E-state index in [-0.39, 0.29) is 18.5 Å². The molecule has 1 amide bonds. The van der Waals surface area contributed by atoms with Gasteiger partial charge in [0.15, 0.2) is 5.69 Å². The number of hydrogen-bond acceptors (Lipinski definition) is 2. The van der Waals surface area contributed by atoms with Gasteiger partial charge in [-0.2, -0.15) is 18.3 Å². The second-order valence-corrected chi connectivity index (χ2v) is 5.63. The minimum absolute atomic E-state index is 0.181. The minimum Gasteiger partial charge on any atom is -0.334 e. The topological polar surface area (TPSA) is 38.1 Å². The number of benzene rings is 1. The van der Waals surface area contributed by atoms with Crippen LogP contribution >= 0.6 is 0 Å². The van der Waals surface area contributed by atoms with Crippen LogP contribution in [0.5, 0.6) is 0 Å². The maximum Gasteiger partial charge on any atom is 0.435 e. The molecule has 4 nitrogen and oxygen atoms in total. The molecule has 0 radical (unpaired) electrons. The van der Waals surface area contributed by atoms with Crippen LogP contribution in [0.25, 0.3) is 0 Å². The Balaban J connectivity index is 1.68. The summed E-state index contributed by atoms with van der Waals surface area (Å²) >= 11 is 0. The molecule has 0 spiro atoms. The molecule has 1 aromatic heterocycles. The molecule has 0 N–H and O–H groups in total. The second kappa shape index (κ2) is 6.06. The summed E-state index contributed by atoms with van der Waals surface area (Å²) in [7, 11) is 0. The van der Waals surface area contributed by atoms with E-state index in [0.717, 1.165) is 29.2 Å². The Labute approximate surface area is 131 Å². The first-order valence-electron chi connectivity index (χ1n) is 7.37. The monoisotopic (exact) mass is 323 g/mol. The Hall–Kier alpha value is -2.31. The zero-order valence-electron chi connectivity index (χ0n) is 12.3. The first-order chi connectivity index (χ1) is 10.9. The maximum absolute atomic E-state index is 12.6. The standard InChI is InChI=1S/C16H16F3N3O/c17-16(18,19)14-8-9-21(20-14)11-15(23)22(13-6-7-13)10-12-4-2-1-3-5-12/h1-5,8-9,13H,6-7,10-11H2. The van der Waals surface area contributed by atoms with Gasteiger partial charge in [0.25, 0.3) is 0 Å². The molecule has 0 atom stereocenters. The predicted molar refractivity (Wildman–Crippen MR) is 77.2 cm³/mol. The summed E-state index contributed by atoms with van der Waals surface area (Å²) in [6, 6.07) is 10.6. The van der Waals surface area contributed by atoms with Crippen molar-refractivity contribution in [1.29, 1.82) is 0 Å². The van der Waals surface area contributed by atoms with Crippen molar-refractivity contribution < 1.29 is 18.0 Å². The van der Waals surface area contributed by atoms with Gasteiger partial charge in [-0.1, -0.05) is 30.3 Å².